The Bertz CT molecular complexity index is 2570. The van der Waals surface area contributed by atoms with E-state index in [-0.39, 0.29) is 0 Å². The molecule has 3 nitrogen and oxygen atoms in total. The van der Waals surface area contributed by atoms with Crippen molar-refractivity contribution >= 4 is 71.9 Å². The van der Waals surface area contributed by atoms with Crippen molar-refractivity contribution in [3.8, 4) is 17.1 Å². The minimum Gasteiger partial charge on any atom is -0.311 e. The van der Waals surface area contributed by atoms with Gasteiger partial charge in [0.15, 0.2) is 0 Å². The standard InChI is InChI=1S/C40H27N3S/c1-6-18-32-26(12-1)27-13-2-7-19-33(27)41(32)37-23-11-17-31-30-16-5-10-22-36(30)43(40(31)37)39-25-44-24-38(39)42-34-20-8-3-14-28(34)29-15-4-9-21-35(29)42/h1-6,8-18,20-25H,7,19H2. The molecule has 4 heterocycles. The summed E-state index contributed by atoms with van der Waals surface area (Å²) in [5, 5.41) is 11.1. The largest absolute Gasteiger partial charge is 0.311 e. The number of hydrogen-bond donors (Lipinski definition) is 0. The highest BCUT2D eigenvalue weighted by Crippen LogP contribution is 2.43. The number of para-hydroxylation sites is 5. The first-order valence-electron chi connectivity index (χ1n) is 15.2. The van der Waals surface area contributed by atoms with Gasteiger partial charge in [-0.1, -0.05) is 97.1 Å². The monoisotopic (exact) mass is 581 g/mol. The van der Waals surface area contributed by atoms with Crippen molar-refractivity contribution in [2.45, 2.75) is 12.8 Å². The summed E-state index contributed by atoms with van der Waals surface area (Å²) in [7, 11) is 0. The predicted molar refractivity (Wildman–Crippen MR) is 187 cm³/mol. The van der Waals surface area contributed by atoms with Crippen LogP contribution in [-0.2, 0) is 6.42 Å². The number of hydrogen-bond acceptors (Lipinski definition) is 1. The smallest absolute Gasteiger partial charge is 0.0811 e. The number of aromatic nitrogens is 3. The van der Waals surface area contributed by atoms with E-state index in [0.717, 1.165) is 12.8 Å². The van der Waals surface area contributed by atoms with Crippen molar-refractivity contribution in [3.05, 3.63) is 143 Å². The zero-order valence-corrected chi connectivity index (χ0v) is 24.8. The van der Waals surface area contributed by atoms with Crippen molar-refractivity contribution < 1.29 is 0 Å². The van der Waals surface area contributed by atoms with Crippen LogP contribution in [0.4, 0.5) is 0 Å². The van der Waals surface area contributed by atoms with Crippen LogP contribution < -0.4 is 0 Å². The second-order valence-electron chi connectivity index (χ2n) is 11.7. The van der Waals surface area contributed by atoms with E-state index in [4.69, 9.17) is 0 Å². The summed E-state index contributed by atoms with van der Waals surface area (Å²) >= 11 is 1.77. The van der Waals surface area contributed by atoms with Crippen molar-refractivity contribution in [1.29, 1.82) is 0 Å². The summed E-state index contributed by atoms with van der Waals surface area (Å²) in [6, 6.07) is 42.2. The van der Waals surface area contributed by atoms with Crippen LogP contribution in [0.2, 0.25) is 0 Å². The van der Waals surface area contributed by atoms with Gasteiger partial charge in [-0.05, 0) is 43.2 Å². The molecule has 0 saturated heterocycles. The fourth-order valence-electron chi connectivity index (χ4n) is 7.68. The van der Waals surface area contributed by atoms with Crippen LogP contribution in [0.15, 0.2) is 132 Å². The molecule has 208 valence electrons. The highest BCUT2D eigenvalue weighted by Gasteiger charge is 2.24. The lowest BCUT2D eigenvalue weighted by Gasteiger charge is -2.18. The summed E-state index contributed by atoms with van der Waals surface area (Å²) in [6.07, 6.45) is 6.74. The minimum absolute atomic E-state index is 1.03. The first-order valence-corrected chi connectivity index (χ1v) is 16.2. The van der Waals surface area contributed by atoms with Crippen LogP contribution in [0, 0.1) is 0 Å². The third-order valence-corrected chi connectivity index (χ3v) is 10.2. The molecule has 0 atom stereocenters. The first-order chi connectivity index (χ1) is 21.9. The van der Waals surface area contributed by atoms with Gasteiger partial charge in [0.05, 0.1) is 44.6 Å². The van der Waals surface area contributed by atoms with Gasteiger partial charge >= 0.3 is 0 Å². The van der Waals surface area contributed by atoms with Gasteiger partial charge in [0.2, 0.25) is 0 Å². The maximum atomic E-state index is 2.54. The summed E-state index contributed by atoms with van der Waals surface area (Å²) in [5.41, 5.74) is 12.6. The molecule has 4 heteroatoms. The van der Waals surface area contributed by atoms with Crippen molar-refractivity contribution in [3.63, 3.8) is 0 Å². The highest BCUT2D eigenvalue weighted by molar-refractivity contribution is 7.08. The third-order valence-electron chi connectivity index (χ3n) is 9.45. The van der Waals surface area contributed by atoms with Crippen molar-refractivity contribution in [2.75, 3.05) is 0 Å². The van der Waals surface area contributed by atoms with Gasteiger partial charge in [-0.2, -0.15) is 0 Å². The Morgan fingerprint density at radius 1 is 0.455 bits per heavy atom. The van der Waals surface area contributed by atoms with Gasteiger partial charge in [-0.25, -0.2) is 0 Å². The first kappa shape index (κ1) is 24.2. The lowest BCUT2D eigenvalue weighted by Crippen LogP contribution is -2.06. The van der Waals surface area contributed by atoms with E-state index in [9.17, 15) is 0 Å². The van der Waals surface area contributed by atoms with Crippen LogP contribution in [0.25, 0.3) is 77.7 Å². The Kier molecular flexibility index (Phi) is 4.99. The van der Waals surface area contributed by atoms with Crippen LogP contribution >= 0.6 is 11.3 Å². The van der Waals surface area contributed by atoms with E-state index in [1.165, 1.54) is 82.8 Å². The number of fused-ring (bicyclic) bond motifs is 9. The molecule has 9 aromatic rings. The summed E-state index contributed by atoms with van der Waals surface area (Å²) in [5.74, 6) is 0. The SMILES string of the molecule is C1=Cc2c(n(-c3cccc4c5ccccc5n(-c5cscc5-n5c6ccccc6c6ccccc65)c34)c3ccccc23)CC1. The number of rotatable bonds is 3. The molecule has 1 aliphatic carbocycles. The summed E-state index contributed by atoms with van der Waals surface area (Å²) < 4.78 is 7.52. The van der Waals surface area contributed by atoms with E-state index < -0.39 is 0 Å². The second kappa shape index (κ2) is 9.09. The fourth-order valence-corrected chi connectivity index (χ4v) is 8.46. The lowest BCUT2D eigenvalue weighted by atomic mass is 10.0. The molecule has 0 fully saturated rings. The molecule has 5 aromatic carbocycles. The van der Waals surface area contributed by atoms with E-state index in [2.05, 4.69) is 152 Å². The average Bonchev–Trinajstić information content (AvgIpc) is 3.84. The molecule has 0 saturated carbocycles. The maximum absolute atomic E-state index is 2.54. The van der Waals surface area contributed by atoms with Gasteiger partial charge < -0.3 is 13.7 Å². The van der Waals surface area contributed by atoms with Crippen molar-refractivity contribution in [2.24, 2.45) is 0 Å². The Morgan fingerprint density at radius 2 is 0.977 bits per heavy atom. The number of nitrogens with zero attached hydrogens (tertiary/aromatic N) is 3. The van der Waals surface area contributed by atoms with Gasteiger partial charge in [0.25, 0.3) is 0 Å². The number of benzene rings is 5. The quantitative estimate of drug-likeness (QED) is 0.197. The zero-order chi connectivity index (χ0) is 28.8. The molecule has 1 aliphatic rings. The van der Waals surface area contributed by atoms with E-state index in [1.54, 1.807) is 11.3 Å². The molecule has 10 rings (SSSR count). The molecule has 0 N–H and O–H groups in total. The molecule has 0 aliphatic heterocycles. The van der Waals surface area contributed by atoms with Crippen LogP contribution in [0.3, 0.4) is 0 Å². The topological polar surface area (TPSA) is 14.8 Å². The molecule has 0 spiro atoms. The molecular formula is C40H27N3S. The highest BCUT2D eigenvalue weighted by atomic mass is 32.1. The van der Waals surface area contributed by atoms with Crippen LogP contribution in [-0.4, -0.2) is 13.7 Å². The van der Waals surface area contributed by atoms with Gasteiger partial charge in [-0.3, -0.25) is 0 Å². The third kappa shape index (κ3) is 3.15. The Morgan fingerprint density at radius 3 is 1.66 bits per heavy atom. The van der Waals surface area contributed by atoms with Crippen molar-refractivity contribution in [1.82, 2.24) is 13.7 Å². The molecule has 44 heavy (non-hydrogen) atoms. The molecule has 0 bridgehead atoms. The van der Waals surface area contributed by atoms with Gasteiger partial charge in [0, 0.05) is 48.9 Å². The lowest BCUT2D eigenvalue weighted by molar-refractivity contribution is 0.889. The maximum Gasteiger partial charge on any atom is 0.0811 e. The normalized spacial score (nSPS) is 13.2. The van der Waals surface area contributed by atoms with E-state index in [1.807, 2.05) is 0 Å². The van der Waals surface area contributed by atoms with Crippen LogP contribution in [0.5, 0.6) is 0 Å². The number of allylic oxidation sites excluding steroid dienone is 1. The van der Waals surface area contributed by atoms with Crippen LogP contribution in [0.1, 0.15) is 17.7 Å². The molecule has 0 amide bonds. The second-order valence-corrected chi connectivity index (χ2v) is 12.4. The average molecular weight is 582 g/mol. The molecule has 0 radical (unpaired) electrons. The molecule has 0 unspecified atom stereocenters. The Balaban J connectivity index is 1.36. The minimum atomic E-state index is 1.03. The predicted octanol–water partition coefficient (Wildman–Crippen LogP) is 10.8. The van der Waals surface area contributed by atoms with Gasteiger partial charge in [0.1, 0.15) is 0 Å². The van der Waals surface area contributed by atoms with E-state index >= 15 is 0 Å². The fraction of sp³-hybridized carbons (Fsp3) is 0.0500. The Hall–Kier alpha value is -5.32. The molecule has 4 aromatic heterocycles. The summed E-state index contributed by atoms with van der Waals surface area (Å²) in [4.78, 5) is 0. The number of thiophene rings is 1. The Labute approximate surface area is 258 Å². The molecular weight excluding hydrogens is 555 g/mol. The summed E-state index contributed by atoms with van der Waals surface area (Å²) in [6.45, 7) is 0. The van der Waals surface area contributed by atoms with Gasteiger partial charge in [-0.15, -0.1) is 11.3 Å². The zero-order valence-electron chi connectivity index (χ0n) is 23.9. The van der Waals surface area contributed by atoms with E-state index in [0.29, 0.717) is 0 Å².